The molecule has 0 aliphatic rings. The molecule has 1 amide bonds. The maximum atomic E-state index is 12.1. The molecular formula is C19H24N2O2. The van der Waals surface area contributed by atoms with Crippen LogP contribution in [0.25, 0.3) is 0 Å². The van der Waals surface area contributed by atoms with Crippen LogP contribution in [-0.2, 0) is 11.3 Å². The van der Waals surface area contributed by atoms with Gasteiger partial charge >= 0.3 is 0 Å². The number of anilines is 1. The summed E-state index contributed by atoms with van der Waals surface area (Å²) in [6.07, 6.45) is 0.959. The minimum Gasteiger partial charge on any atom is -0.494 e. The first kappa shape index (κ1) is 17.0. The highest BCUT2D eigenvalue weighted by Gasteiger charge is 2.08. The highest BCUT2D eigenvalue weighted by atomic mass is 16.5. The molecule has 0 aromatic heterocycles. The number of amides is 1. The Balaban J connectivity index is 1.84. The van der Waals surface area contributed by atoms with E-state index in [1.54, 1.807) is 0 Å². The third kappa shape index (κ3) is 6.12. The van der Waals surface area contributed by atoms with E-state index >= 15 is 0 Å². The summed E-state index contributed by atoms with van der Waals surface area (Å²) < 4.78 is 5.58. The molecule has 2 aromatic carbocycles. The van der Waals surface area contributed by atoms with Gasteiger partial charge in [-0.15, -0.1) is 0 Å². The molecule has 4 heteroatoms. The minimum atomic E-state index is -0.0314. The zero-order chi connectivity index (χ0) is 16.5. The predicted molar refractivity (Wildman–Crippen MR) is 93.6 cm³/mol. The molecule has 0 aliphatic carbocycles. The number of likely N-dealkylation sites (N-methyl/N-ethyl adjacent to an activating group) is 1. The third-order valence-corrected chi connectivity index (χ3v) is 3.30. The maximum absolute atomic E-state index is 12.1. The topological polar surface area (TPSA) is 41.6 Å². The average molecular weight is 312 g/mol. The molecule has 2 rings (SSSR count). The number of hydrogen-bond donors (Lipinski definition) is 1. The number of carbonyl (C=O) groups excluding carboxylic acids is 1. The fourth-order valence-electron chi connectivity index (χ4n) is 2.28. The van der Waals surface area contributed by atoms with E-state index in [1.165, 1.54) is 5.56 Å². The lowest BCUT2D eigenvalue weighted by Crippen LogP contribution is -2.29. The van der Waals surface area contributed by atoms with Crippen LogP contribution in [0.1, 0.15) is 18.9 Å². The number of carbonyl (C=O) groups is 1. The first-order valence-electron chi connectivity index (χ1n) is 7.92. The lowest BCUT2D eigenvalue weighted by atomic mass is 10.2. The van der Waals surface area contributed by atoms with Gasteiger partial charge in [0.2, 0.25) is 5.91 Å². The monoisotopic (exact) mass is 312 g/mol. The van der Waals surface area contributed by atoms with Gasteiger partial charge in [0.05, 0.1) is 13.2 Å². The summed E-state index contributed by atoms with van der Waals surface area (Å²) >= 11 is 0. The van der Waals surface area contributed by atoms with Crippen LogP contribution < -0.4 is 10.1 Å². The van der Waals surface area contributed by atoms with E-state index in [0.29, 0.717) is 13.2 Å². The maximum Gasteiger partial charge on any atom is 0.238 e. The molecule has 0 unspecified atom stereocenters. The Morgan fingerprint density at radius 2 is 1.91 bits per heavy atom. The minimum absolute atomic E-state index is 0.0314. The summed E-state index contributed by atoms with van der Waals surface area (Å²) in [7, 11) is 1.94. The van der Waals surface area contributed by atoms with Crippen LogP contribution in [0, 0.1) is 0 Å². The SMILES string of the molecule is CCCOc1cccc(NC(=O)CN(C)Cc2ccccc2)c1. The van der Waals surface area contributed by atoms with Gasteiger partial charge in [-0.25, -0.2) is 0 Å². The number of nitrogens with zero attached hydrogens (tertiary/aromatic N) is 1. The largest absolute Gasteiger partial charge is 0.494 e. The predicted octanol–water partition coefficient (Wildman–Crippen LogP) is 3.55. The van der Waals surface area contributed by atoms with Crippen molar-refractivity contribution in [3.8, 4) is 5.75 Å². The van der Waals surface area contributed by atoms with Crippen molar-refractivity contribution in [3.63, 3.8) is 0 Å². The normalized spacial score (nSPS) is 10.6. The second-order valence-electron chi connectivity index (χ2n) is 5.58. The zero-order valence-electron chi connectivity index (χ0n) is 13.8. The molecule has 0 bridgehead atoms. The molecule has 0 atom stereocenters. The fourth-order valence-corrected chi connectivity index (χ4v) is 2.28. The van der Waals surface area contributed by atoms with Crippen LogP contribution in [0.5, 0.6) is 5.75 Å². The van der Waals surface area contributed by atoms with Crippen LogP contribution in [0.4, 0.5) is 5.69 Å². The number of nitrogens with one attached hydrogen (secondary N) is 1. The van der Waals surface area contributed by atoms with Gasteiger partial charge in [0.25, 0.3) is 0 Å². The van der Waals surface area contributed by atoms with Gasteiger partial charge in [-0.3, -0.25) is 9.69 Å². The van der Waals surface area contributed by atoms with Gasteiger partial charge in [0.15, 0.2) is 0 Å². The van der Waals surface area contributed by atoms with E-state index in [1.807, 2.05) is 54.4 Å². The number of ether oxygens (including phenoxy) is 1. The van der Waals surface area contributed by atoms with Gasteiger partial charge in [0.1, 0.15) is 5.75 Å². The standard InChI is InChI=1S/C19H24N2O2/c1-3-12-23-18-11-7-10-17(13-18)20-19(22)15-21(2)14-16-8-5-4-6-9-16/h4-11,13H,3,12,14-15H2,1-2H3,(H,20,22). The molecule has 122 valence electrons. The summed E-state index contributed by atoms with van der Waals surface area (Å²) in [5.41, 5.74) is 1.95. The van der Waals surface area contributed by atoms with Crippen molar-refractivity contribution < 1.29 is 9.53 Å². The van der Waals surface area contributed by atoms with Crippen LogP contribution in [0.15, 0.2) is 54.6 Å². The molecule has 4 nitrogen and oxygen atoms in total. The third-order valence-electron chi connectivity index (χ3n) is 3.30. The van der Waals surface area contributed by atoms with Crippen molar-refractivity contribution >= 4 is 11.6 Å². The van der Waals surface area contributed by atoms with Gasteiger partial charge in [-0.2, -0.15) is 0 Å². The van der Waals surface area contributed by atoms with Crippen LogP contribution in [0.2, 0.25) is 0 Å². The van der Waals surface area contributed by atoms with E-state index in [-0.39, 0.29) is 5.91 Å². The van der Waals surface area contributed by atoms with Gasteiger partial charge in [0, 0.05) is 18.3 Å². The summed E-state index contributed by atoms with van der Waals surface area (Å²) in [6, 6.07) is 17.6. The van der Waals surface area contributed by atoms with Crippen molar-refractivity contribution in [2.24, 2.45) is 0 Å². The molecule has 0 saturated heterocycles. The van der Waals surface area contributed by atoms with E-state index < -0.39 is 0 Å². The first-order valence-corrected chi connectivity index (χ1v) is 7.92. The number of rotatable bonds is 8. The highest BCUT2D eigenvalue weighted by molar-refractivity contribution is 5.92. The second-order valence-corrected chi connectivity index (χ2v) is 5.58. The van der Waals surface area contributed by atoms with Crippen LogP contribution in [0.3, 0.4) is 0 Å². The van der Waals surface area contributed by atoms with E-state index in [0.717, 1.165) is 24.4 Å². The molecule has 23 heavy (non-hydrogen) atoms. The Bertz CT molecular complexity index is 614. The molecule has 0 heterocycles. The van der Waals surface area contributed by atoms with Gasteiger partial charge in [-0.05, 0) is 31.2 Å². The van der Waals surface area contributed by atoms with Crippen molar-refractivity contribution in [3.05, 3.63) is 60.2 Å². The Labute approximate surface area is 138 Å². The molecule has 0 aliphatic heterocycles. The van der Waals surface area contributed by atoms with Crippen molar-refractivity contribution in [2.45, 2.75) is 19.9 Å². The summed E-state index contributed by atoms with van der Waals surface area (Å²) in [5.74, 6) is 0.748. The fraction of sp³-hybridized carbons (Fsp3) is 0.316. The molecular weight excluding hydrogens is 288 g/mol. The van der Waals surface area contributed by atoms with Gasteiger partial charge < -0.3 is 10.1 Å². The van der Waals surface area contributed by atoms with E-state index in [2.05, 4.69) is 24.4 Å². The number of benzene rings is 2. The summed E-state index contributed by atoms with van der Waals surface area (Å²) in [5, 5.41) is 2.91. The smallest absolute Gasteiger partial charge is 0.238 e. The summed E-state index contributed by atoms with van der Waals surface area (Å²) in [6.45, 7) is 3.83. The second kappa shape index (κ2) is 8.96. The molecule has 2 aromatic rings. The zero-order valence-corrected chi connectivity index (χ0v) is 13.8. The Kier molecular flexibility index (Phi) is 6.63. The molecule has 0 fully saturated rings. The molecule has 0 radical (unpaired) electrons. The quantitative estimate of drug-likeness (QED) is 0.810. The van der Waals surface area contributed by atoms with Crippen molar-refractivity contribution in [2.75, 3.05) is 25.5 Å². The molecule has 0 spiro atoms. The Morgan fingerprint density at radius 3 is 2.65 bits per heavy atom. The lowest BCUT2D eigenvalue weighted by Gasteiger charge is -2.16. The van der Waals surface area contributed by atoms with Crippen LogP contribution in [-0.4, -0.2) is 31.0 Å². The van der Waals surface area contributed by atoms with E-state index in [4.69, 9.17) is 4.74 Å². The van der Waals surface area contributed by atoms with Crippen molar-refractivity contribution in [1.82, 2.24) is 4.90 Å². The van der Waals surface area contributed by atoms with E-state index in [9.17, 15) is 4.79 Å². The Hall–Kier alpha value is -2.33. The molecule has 0 saturated carbocycles. The molecule has 1 N–H and O–H groups in total. The highest BCUT2D eigenvalue weighted by Crippen LogP contribution is 2.17. The average Bonchev–Trinajstić information content (AvgIpc) is 2.54. The summed E-state index contributed by atoms with van der Waals surface area (Å²) in [4.78, 5) is 14.1. The van der Waals surface area contributed by atoms with Crippen molar-refractivity contribution in [1.29, 1.82) is 0 Å². The first-order chi connectivity index (χ1) is 11.2. The van der Waals surface area contributed by atoms with Crippen LogP contribution >= 0.6 is 0 Å². The van der Waals surface area contributed by atoms with Gasteiger partial charge in [-0.1, -0.05) is 43.3 Å². The number of hydrogen-bond acceptors (Lipinski definition) is 3. The Morgan fingerprint density at radius 1 is 1.13 bits per heavy atom. The lowest BCUT2D eigenvalue weighted by molar-refractivity contribution is -0.117.